The molecule has 2 aromatic rings. The van der Waals surface area contributed by atoms with Crippen LogP contribution in [0.1, 0.15) is 28.9 Å². The number of hydrogen-bond acceptors (Lipinski definition) is 3. The van der Waals surface area contributed by atoms with E-state index in [-0.39, 0.29) is 18.5 Å². The average molecular weight is 301 g/mol. The van der Waals surface area contributed by atoms with Gasteiger partial charge in [0.25, 0.3) is 5.91 Å². The van der Waals surface area contributed by atoms with Gasteiger partial charge >= 0.3 is 0 Å². The third-order valence-electron chi connectivity index (χ3n) is 3.10. The molecule has 6 heteroatoms. The van der Waals surface area contributed by atoms with Crippen molar-refractivity contribution >= 4 is 11.8 Å². The van der Waals surface area contributed by atoms with Gasteiger partial charge in [-0.05, 0) is 48.9 Å². The molecule has 1 aromatic heterocycles. The van der Waals surface area contributed by atoms with Gasteiger partial charge in [-0.3, -0.25) is 14.6 Å². The fourth-order valence-corrected chi connectivity index (χ4v) is 1.89. The molecule has 22 heavy (non-hydrogen) atoms. The smallest absolute Gasteiger partial charge is 0.251 e. The fourth-order valence-electron chi connectivity index (χ4n) is 1.89. The molecule has 0 aliphatic carbocycles. The van der Waals surface area contributed by atoms with E-state index in [0.29, 0.717) is 5.56 Å². The Kier molecular flexibility index (Phi) is 5.19. The lowest BCUT2D eigenvalue weighted by Crippen LogP contribution is -2.38. The Labute approximate surface area is 127 Å². The van der Waals surface area contributed by atoms with Gasteiger partial charge in [-0.2, -0.15) is 0 Å². The molecule has 0 saturated carbocycles. The van der Waals surface area contributed by atoms with Crippen molar-refractivity contribution in [1.82, 2.24) is 15.6 Å². The molecule has 1 aromatic carbocycles. The van der Waals surface area contributed by atoms with E-state index in [9.17, 15) is 14.0 Å². The molecule has 1 heterocycles. The first-order chi connectivity index (χ1) is 10.6. The third-order valence-corrected chi connectivity index (χ3v) is 3.10. The van der Waals surface area contributed by atoms with E-state index in [1.54, 1.807) is 12.4 Å². The standard InChI is InChI=1S/C16H16FN3O2/c1-11(12-6-8-18-9-7-12)20-15(21)10-19-16(22)13-2-4-14(17)5-3-13/h2-9,11H,10H2,1H3,(H,19,22)(H,20,21). The zero-order chi connectivity index (χ0) is 15.9. The first-order valence-corrected chi connectivity index (χ1v) is 6.79. The SMILES string of the molecule is CC(NC(=O)CNC(=O)c1ccc(F)cc1)c1ccncc1. The highest BCUT2D eigenvalue weighted by Gasteiger charge is 2.11. The number of carbonyl (C=O) groups excluding carboxylic acids is 2. The number of pyridine rings is 1. The fraction of sp³-hybridized carbons (Fsp3) is 0.188. The van der Waals surface area contributed by atoms with Gasteiger partial charge in [0, 0.05) is 18.0 Å². The molecule has 0 fully saturated rings. The van der Waals surface area contributed by atoms with Gasteiger partial charge in [0.2, 0.25) is 5.91 Å². The molecule has 2 N–H and O–H groups in total. The number of nitrogens with zero attached hydrogens (tertiary/aromatic N) is 1. The molecule has 2 rings (SSSR count). The van der Waals surface area contributed by atoms with Crippen LogP contribution in [-0.4, -0.2) is 23.3 Å². The number of aromatic nitrogens is 1. The average Bonchev–Trinajstić information content (AvgIpc) is 2.54. The summed E-state index contributed by atoms with van der Waals surface area (Å²) < 4.78 is 12.8. The molecule has 1 unspecified atom stereocenters. The number of benzene rings is 1. The van der Waals surface area contributed by atoms with Crippen molar-refractivity contribution in [3.63, 3.8) is 0 Å². The van der Waals surface area contributed by atoms with Crippen LogP contribution in [0.2, 0.25) is 0 Å². The Morgan fingerprint density at radius 1 is 1.14 bits per heavy atom. The monoisotopic (exact) mass is 301 g/mol. The zero-order valence-corrected chi connectivity index (χ0v) is 12.0. The summed E-state index contributed by atoms with van der Waals surface area (Å²) in [4.78, 5) is 27.5. The number of amides is 2. The van der Waals surface area contributed by atoms with Gasteiger partial charge in [0.15, 0.2) is 0 Å². The van der Waals surface area contributed by atoms with Crippen molar-refractivity contribution in [2.75, 3.05) is 6.54 Å². The van der Waals surface area contributed by atoms with E-state index >= 15 is 0 Å². The molecule has 0 spiro atoms. The summed E-state index contributed by atoms with van der Waals surface area (Å²) in [7, 11) is 0. The quantitative estimate of drug-likeness (QED) is 0.885. The molecule has 2 amide bonds. The lowest BCUT2D eigenvalue weighted by atomic mass is 10.1. The number of halogens is 1. The molecule has 0 aliphatic heterocycles. The van der Waals surface area contributed by atoms with Crippen LogP contribution in [0, 0.1) is 5.82 Å². The van der Waals surface area contributed by atoms with E-state index in [1.807, 2.05) is 19.1 Å². The van der Waals surface area contributed by atoms with Gasteiger partial charge < -0.3 is 10.6 Å². The Hall–Kier alpha value is -2.76. The molecule has 114 valence electrons. The second kappa shape index (κ2) is 7.31. The highest BCUT2D eigenvalue weighted by atomic mass is 19.1. The largest absolute Gasteiger partial charge is 0.348 e. The van der Waals surface area contributed by atoms with E-state index in [0.717, 1.165) is 5.56 Å². The van der Waals surface area contributed by atoms with Crippen molar-refractivity contribution in [1.29, 1.82) is 0 Å². The topological polar surface area (TPSA) is 71.1 Å². The number of rotatable bonds is 5. The Balaban J connectivity index is 1.82. The van der Waals surface area contributed by atoms with Crippen molar-refractivity contribution in [3.05, 3.63) is 65.7 Å². The minimum atomic E-state index is -0.424. The minimum absolute atomic E-state index is 0.147. The van der Waals surface area contributed by atoms with Crippen molar-refractivity contribution in [2.45, 2.75) is 13.0 Å². The van der Waals surface area contributed by atoms with Crippen LogP contribution in [0.5, 0.6) is 0 Å². The summed E-state index contributed by atoms with van der Waals surface area (Å²) in [5.74, 6) is -1.15. The van der Waals surface area contributed by atoms with Crippen LogP contribution >= 0.6 is 0 Å². The second-order valence-electron chi connectivity index (χ2n) is 4.76. The van der Waals surface area contributed by atoms with Gasteiger partial charge in [0.1, 0.15) is 5.82 Å². The van der Waals surface area contributed by atoms with E-state index in [4.69, 9.17) is 0 Å². The zero-order valence-electron chi connectivity index (χ0n) is 12.0. The van der Waals surface area contributed by atoms with E-state index in [2.05, 4.69) is 15.6 Å². The van der Waals surface area contributed by atoms with Crippen molar-refractivity contribution in [2.24, 2.45) is 0 Å². The van der Waals surface area contributed by atoms with Gasteiger partial charge in [-0.25, -0.2) is 4.39 Å². The number of carbonyl (C=O) groups is 2. The van der Waals surface area contributed by atoms with Gasteiger partial charge in [-0.1, -0.05) is 0 Å². The Morgan fingerprint density at radius 3 is 2.41 bits per heavy atom. The molecular formula is C16H16FN3O2. The van der Waals surface area contributed by atoms with Gasteiger partial charge in [0.05, 0.1) is 12.6 Å². The molecule has 0 radical (unpaired) electrons. The lowest BCUT2D eigenvalue weighted by molar-refractivity contribution is -0.120. The van der Waals surface area contributed by atoms with Crippen LogP contribution in [0.25, 0.3) is 0 Å². The first kappa shape index (κ1) is 15.6. The molecule has 0 aliphatic rings. The molecule has 5 nitrogen and oxygen atoms in total. The summed E-state index contributed by atoms with van der Waals surface area (Å²) in [6.07, 6.45) is 3.29. The van der Waals surface area contributed by atoms with E-state index in [1.165, 1.54) is 24.3 Å². The molecule has 0 bridgehead atoms. The van der Waals surface area contributed by atoms with Crippen LogP contribution in [0.15, 0.2) is 48.8 Å². The number of nitrogens with one attached hydrogen (secondary N) is 2. The molecular weight excluding hydrogens is 285 g/mol. The van der Waals surface area contributed by atoms with Crippen LogP contribution < -0.4 is 10.6 Å². The van der Waals surface area contributed by atoms with E-state index < -0.39 is 11.7 Å². The van der Waals surface area contributed by atoms with Crippen molar-refractivity contribution < 1.29 is 14.0 Å². The summed E-state index contributed by atoms with van der Waals surface area (Å²) in [5.41, 5.74) is 1.23. The Bertz CT molecular complexity index is 644. The summed E-state index contributed by atoms with van der Waals surface area (Å²) in [5, 5.41) is 5.26. The number of hydrogen-bond donors (Lipinski definition) is 2. The maximum atomic E-state index is 12.8. The predicted octanol–water partition coefficient (Wildman–Crippen LogP) is 1.83. The minimum Gasteiger partial charge on any atom is -0.348 e. The summed E-state index contributed by atoms with van der Waals surface area (Å²) >= 11 is 0. The molecule has 0 saturated heterocycles. The summed E-state index contributed by atoms with van der Waals surface area (Å²) in [6, 6.07) is 8.55. The van der Waals surface area contributed by atoms with Crippen LogP contribution in [0.4, 0.5) is 4.39 Å². The summed E-state index contributed by atoms with van der Waals surface area (Å²) in [6.45, 7) is 1.70. The highest BCUT2D eigenvalue weighted by Crippen LogP contribution is 2.09. The third kappa shape index (κ3) is 4.37. The van der Waals surface area contributed by atoms with Crippen LogP contribution in [-0.2, 0) is 4.79 Å². The van der Waals surface area contributed by atoms with Crippen molar-refractivity contribution in [3.8, 4) is 0 Å². The predicted molar refractivity (Wildman–Crippen MR) is 79.5 cm³/mol. The van der Waals surface area contributed by atoms with Crippen LogP contribution in [0.3, 0.4) is 0 Å². The first-order valence-electron chi connectivity index (χ1n) is 6.79. The second-order valence-corrected chi connectivity index (χ2v) is 4.76. The highest BCUT2D eigenvalue weighted by molar-refractivity contribution is 5.96. The Morgan fingerprint density at radius 2 is 1.77 bits per heavy atom. The van der Waals surface area contributed by atoms with Gasteiger partial charge in [-0.15, -0.1) is 0 Å². The molecule has 1 atom stereocenters. The normalized spacial score (nSPS) is 11.5. The maximum absolute atomic E-state index is 12.8. The maximum Gasteiger partial charge on any atom is 0.251 e. The lowest BCUT2D eigenvalue weighted by Gasteiger charge is -2.14.